The molecule has 6 heteroatoms. The Kier molecular flexibility index (Phi) is 4.71. The van der Waals surface area contributed by atoms with E-state index in [1.54, 1.807) is 0 Å². The quantitative estimate of drug-likeness (QED) is 0.910. The number of β-amino-alcohol motifs (C(OH)–C–C–N with tert-alkyl or cyclic N) is 1. The van der Waals surface area contributed by atoms with Crippen molar-refractivity contribution in [3.63, 3.8) is 0 Å². The van der Waals surface area contributed by atoms with E-state index in [1.807, 2.05) is 38.1 Å². The van der Waals surface area contributed by atoms with Crippen molar-refractivity contribution in [1.82, 2.24) is 15.0 Å². The number of aliphatic hydroxyl groups is 1. The van der Waals surface area contributed by atoms with Gasteiger partial charge in [-0.15, -0.1) is 0 Å². The van der Waals surface area contributed by atoms with Crippen molar-refractivity contribution in [2.24, 2.45) is 0 Å². The molecule has 0 radical (unpaired) electrons. The zero-order valence-electron chi connectivity index (χ0n) is 13.5. The van der Waals surface area contributed by atoms with E-state index in [-0.39, 0.29) is 6.04 Å². The van der Waals surface area contributed by atoms with Crippen molar-refractivity contribution in [3.05, 3.63) is 46.6 Å². The molecule has 1 aromatic carbocycles. The summed E-state index contributed by atoms with van der Waals surface area (Å²) in [6, 6.07) is 7.69. The van der Waals surface area contributed by atoms with Gasteiger partial charge in [0.1, 0.15) is 0 Å². The summed E-state index contributed by atoms with van der Waals surface area (Å²) in [5.74, 6) is 1.34. The average Bonchev–Trinajstić information content (AvgIpc) is 3.13. The van der Waals surface area contributed by atoms with Crippen molar-refractivity contribution in [1.29, 1.82) is 0 Å². The van der Waals surface area contributed by atoms with Gasteiger partial charge in [0, 0.05) is 31.0 Å². The molecule has 1 N–H and O–H groups in total. The molecule has 124 valence electrons. The average molecular weight is 336 g/mol. The molecule has 1 fully saturated rings. The third-order valence-electron chi connectivity index (χ3n) is 4.49. The number of halogens is 1. The second kappa shape index (κ2) is 6.59. The molecule has 0 amide bonds. The lowest BCUT2D eigenvalue weighted by molar-refractivity contribution is 0.0428. The first-order chi connectivity index (χ1) is 11.0. The van der Waals surface area contributed by atoms with E-state index in [0.29, 0.717) is 23.9 Å². The summed E-state index contributed by atoms with van der Waals surface area (Å²) >= 11 is 6.03. The lowest BCUT2D eigenvalue weighted by Gasteiger charge is -2.25. The number of aryl methyl sites for hydroxylation is 1. The molecule has 1 aliphatic heterocycles. The molecule has 23 heavy (non-hydrogen) atoms. The van der Waals surface area contributed by atoms with Gasteiger partial charge in [-0.25, -0.2) is 0 Å². The molecule has 0 spiro atoms. The van der Waals surface area contributed by atoms with E-state index in [4.69, 9.17) is 16.1 Å². The molecule has 1 aromatic heterocycles. The maximum Gasteiger partial charge on any atom is 0.243 e. The van der Waals surface area contributed by atoms with Crippen LogP contribution in [-0.4, -0.2) is 38.8 Å². The highest BCUT2D eigenvalue weighted by atomic mass is 35.5. The summed E-state index contributed by atoms with van der Waals surface area (Å²) in [5.41, 5.74) is 0.313. The van der Waals surface area contributed by atoms with Gasteiger partial charge in [0.15, 0.2) is 5.82 Å². The maximum absolute atomic E-state index is 10.9. The highest BCUT2D eigenvalue weighted by molar-refractivity contribution is 6.30. The topological polar surface area (TPSA) is 62.4 Å². The fraction of sp³-hybridized carbons (Fsp3) is 0.529. The molecule has 5 nitrogen and oxygen atoms in total. The van der Waals surface area contributed by atoms with E-state index in [2.05, 4.69) is 15.0 Å². The Hall–Kier alpha value is -1.43. The fourth-order valence-electron chi connectivity index (χ4n) is 3.13. The number of aromatic nitrogens is 2. The molecule has 1 saturated heterocycles. The number of hydrogen-bond donors (Lipinski definition) is 1. The standard InChI is InChI=1S/C17H22ClN3O2/c1-3-15-19-16(23-20-15)12(2)21-8-7-17(22,11-21)10-13-5-4-6-14(18)9-13/h4-6,9,12,22H,3,7-8,10-11H2,1-2H3. The monoisotopic (exact) mass is 335 g/mol. The second-order valence-electron chi connectivity index (χ2n) is 6.33. The number of nitrogens with zero attached hydrogens (tertiary/aromatic N) is 3. The van der Waals surface area contributed by atoms with Gasteiger partial charge < -0.3 is 9.63 Å². The maximum atomic E-state index is 10.9. The molecule has 3 rings (SSSR count). The third kappa shape index (κ3) is 3.74. The van der Waals surface area contributed by atoms with Crippen molar-refractivity contribution in [2.45, 2.75) is 44.8 Å². The van der Waals surface area contributed by atoms with Crippen molar-refractivity contribution >= 4 is 11.6 Å². The number of hydrogen-bond acceptors (Lipinski definition) is 5. The Morgan fingerprint density at radius 2 is 2.30 bits per heavy atom. The highest BCUT2D eigenvalue weighted by Gasteiger charge is 2.39. The lowest BCUT2D eigenvalue weighted by Crippen LogP contribution is -2.36. The van der Waals surface area contributed by atoms with E-state index < -0.39 is 5.60 Å². The highest BCUT2D eigenvalue weighted by Crippen LogP contribution is 2.31. The number of likely N-dealkylation sites (tertiary alicyclic amines) is 1. The summed E-state index contributed by atoms with van der Waals surface area (Å²) in [6.07, 6.45) is 2.08. The van der Waals surface area contributed by atoms with Crippen LogP contribution in [0.1, 0.15) is 43.6 Å². The smallest absolute Gasteiger partial charge is 0.243 e. The van der Waals surface area contributed by atoms with Crippen molar-refractivity contribution < 1.29 is 9.63 Å². The van der Waals surface area contributed by atoms with Crippen molar-refractivity contribution in [3.8, 4) is 0 Å². The normalized spacial score (nSPS) is 23.3. The molecule has 0 bridgehead atoms. The molecule has 1 aliphatic rings. The summed E-state index contributed by atoms with van der Waals surface area (Å²) in [4.78, 5) is 6.59. The van der Waals surface area contributed by atoms with Crippen LogP contribution in [0.5, 0.6) is 0 Å². The van der Waals surface area contributed by atoms with Gasteiger partial charge in [0.25, 0.3) is 0 Å². The van der Waals surface area contributed by atoms with Crippen molar-refractivity contribution in [2.75, 3.05) is 13.1 Å². The van der Waals surface area contributed by atoms with Crippen LogP contribution in [0.4, 0.5) is 0 Å². The SMILES string of the molecule is CCc1noc(C(C)N2CCC(O)(Cc3cccc(Cl)c3)C2)n1. The molecule has 0 saturated carbocycles. The summed E-state index contributed by atoms with van der Waals surface area (Å²) < 4.78 is 5.33. The first-order valence-electron chi connectivity index (χ1n) is 8.02. The molecule has 2 atom stereocenters. The predicted octanol–water partition coefficient (Wildman–Crippen LogP) is 3.03. The molecule has 2 aromatic rings. The first kappa shape index (κ1) is 16.4. The van der Waals surface area contributed by atoms with E-state index in [0.717, 1.165) is 30.8 Å². The van der Waals surface area contributed by atoms with Crippen LogP contribution in [0.3, 0.4) is 0 Å². The minimum atomic E-state index is -0.744. The first-order valence-corrected chi connectivity index (χ1v) is 8.40. The van der Waals surface area contributed by atoms with Crippen LogP contribution >= 0.6 is 11.6 Å². The van der Waals surface area contributed by atoms with Gasteiger partial charge in [-0.2, -0.15) is 4.98 Å². The lowest BCUT2D eigenvalue weighted by atomic mass is 9.94. The van der Waals surface area contributed by atoms with Crippen LogP contribution in [-0.2, 0) is 12.8 Å². The van der Waals surface area contributed by atoms with Gasteiger partial charge in [-0.3, -0.25) is 4.90 Å². The second-order valence-corrected chi connectivity index (χ2v) is 6.77. The Morgan fingerprint density at radius 1 is 1.48 bits per heavy atom. The molecule has 2 unspecified atom stereocenters. The van der Waals surface area contributed by atoms with Crippen LogP contribution in [0.2, 0.25) is 5.02 Å². The summed E-state index contributed by atoms with van der Waals surface area (Å²) in [7, 11) is 0. The molecular formula is C17H22ClN3O2. The largest absolute Gasteiger partial charge is 0.388 e. The molecular weight excluding hydrogens is 314 g/mol. The van der Waals surface area contributed by atoms with Gasteiger partial charge in [0.05, 0.1) is 11.6 Å². The number of rotatable bonds is 5. The van der Waals surface area contributed by atoms with E-state index in [9.17, 15) is 5.11 Å². The van der Waals surface area contributed by atoms with Gasteiger partial charge in [-0.05, 0) is 31.0 Å². The van der Waals surface area contributed by atoms with E-state index >= 15 is 0 Å². The minimum Gasteiger partial charge on any atom is -0.388 e. The molecule has 0 aliphatic carbocycles. The third-order valence-corrected chi connectivity index (χ3v) is 4.72. The van der Waals surface area contributed by atoms with Crippen LogP contribution in [0.15, 0.2) is 28.8 Å². The Labute approximate surface area is 141 Å². The zero-order chi connectivity index (χ0) is 16.4. The minimum absolute atomic E-state index is 0.0104. The van der Waals surface area contributed by atoms with Gasteiger partial charge in [-0.1, -0.05) is 35.8 Å². The Bertz CT molecular complexity index is 675. The zero-order valence-corrected chi connectivity index (χ0v) is 14.3. The number of benzene rings is 1. The van der Waals surface area contributed by atoms with Crippen LogP contribution < -0.4 is 0 Å². The van der Waals surface area contributed by atoms with Gasteiger partial charge >= 0.3 is 0 Å². The Balaban J connectivity index is 1.67. The predicted molar refractivity (Wildman–Crippen MR) is 88.4 cm³/mol. The fourth-order valence-corrected chi connectivity index (χ4v) is 3.34. The summed E-state index contributed by atoms with van der Waals surface area (Å²) in [5, 5.41) is 15.6. The summed E-state index contributed by atoms with van der Waals surface area (Å²) in [6.45, 7) is 5.43. The van der Waals surface area contributed by atoms with Crippen LogP contribution in [0, 0.1) is 0 Å². The van der Waals surface area contributed by atoms with Gasteiger partial charge in [0.2, 0.25) is 5.89 Å². The Morgan fingerprint density at radius 3 is 3.00 bits per heavy atom. The van der Waals surface area contributed by atoms with Crippen LogP contribution in [0.25, 0.3) is 0 Å². The van der Waals surface area contributed by atoms with E-state index in [1.165, 1.54) is 0 Å². The molecule has 2 heterocycles.